The molecule has 0 bridgehead atoms. The average molecular weight is 335 g/mol. The van der Waals surface area contributed by atoms with Gasteiger partial charge in [-0.1, -0.05) is 16.8 Å². The van der Waals surface area contributed by atoms with Crippen molar-refractivity contribution < 1.29 is 8.91 Å². The Morgan fingerprint density at radius 1 is 1.35 bits per heavy atom. The fourth-order valence-corrected chi connectivity index (χ4v) is 2.26. The van der Waals surface area contributed by atoms with E-state index in [1.807, 2.05) is 19.1 Å². The van der Waals surface area contributed by atoms with Crippen LogP contribution in [0.5, 0.6) is 0 Å². The van der Waals surface area contributed by atoms with Crippen molar-refractivity contribution >= 4 is 11.6 Å². The number of nitrogens with zero attached hydrogens (tertiary/aromatic N) is 4. The molecule has 0 N–H and O–H groups in total. The molecule has 0 spiro atoms. The van der Waals surface area contributed by atoms with Crippen molar-refractivity contribution in [3.05, 3.63) is 63.0 Å². The van der Waals surface area contributed by atoms with Crippen LogP contribution in [0.3, 0.4) is 0 Å². The van der Waals surface area contributed by atoms with Crippen molar-refractivity contribution in [3.63, 3.8) is 0 Å². The van der Waals surface area contributed by atoms with E-state index in [-0.39, 0.29) is 17.3 Å². The summed E-state index contributed by atoms with van der Waals surface area (Å²) in [5.41, 5.74) is 2.02. The number of aromatic nitrogens is 4. The van der Waals surface area contributed by atoms with Crippen molar-refractivity contribution in [2.75, 3.05) is 0 Å². The van der Waals surface area contributed by atoms with E-state index in [0.717, 1.165) is 5.69 Å². The lowest BCUT2D eigenvalue weighted by atomic mass is 10.1. The number of halogens is 2. The molecule has 0 aromatic carbocycles. The third kappa shape index (κ3) is 3.14. The van der Waals surface area contributed by atoms with Crippen LogP contribution in [0.1, 0.15) is 17.0 Å². The summed E-state index contributed by atoms with van der Waals surface area (Å²) in [5.74, 6) is 0.0595. The van der Waals surface area contributed by atoms with Gasteiger partial charge < -0.3 is 4.52 Å². The molecular weight excluding hydrogens is 323 g/mol. The topological polar surface area (TPSA) is 73.8 Å². The van der Waals surface area contributed by atoms with Crippen LogP contribution in [0.15, 0.2) is 39.9 Å². The van der Waals surface area contributed by atoms with Gasteiger partial charge >= 0.3 is 0 Å². The van der Waals surface area contributed by atoms with E-state index in [2.05, 4.69) is 15.2 Å². The lowest BCUT2D eigenvalue weighted by molar-refractivity contribution is 0.328. The molecule has 118 valence electrons. The second-order valence-corrected chi connectivity index (χ2v) is 5.36. The maximum Gasteiger partial charge on any atom is 0.268 e. The van der Waals surface area contributed by atoms with Crippen molar-refractivity contribution in [1.29, 1.82) is 0 Å². The summed E-state index contributed by atoms with van der Waals surface area (Å²) in [5, 5.41) is 8.09. The number of alkyl halides is 1. The average Bonchev–Trinajstić information content (AvgIpc) is 2.93. The third-order valence-corrected chi connectivity index (χ3v) is 3.53. The number of hydrogen-bond acceptors (Lipinski definition) is 5. The SMILES string of the molecule is Cc1ccc(-c2noc(CF)c2Cn2ncc(Cl)cc2=O)cn1. The molecule has 6 nitrogen and oxygen atoms in total. The Balaban J connectivity index is 2.05. The Morgan fingerprint density at radius 3 is 2.83 bits per heavy atom. The normalized spacial score (nSPS) is 10.9. The molecule has 0 aliphatic heterocycles. The van der Waals surface area contributed by atoms with Gasteiger partial charge in [0.05, 0.1) is 17.8 Å². The Labute approximate surface area is 135 Å². The molecule has 0 radical (unpaired) electrons. The molecule has 3 aromatic rings. The molecule has 3 rings (SSSR count). The Hall–Kier alpha value is -2.54. The smallest absolute Gasteiger partial charge is 0.268 e. The van der Waals surface area contributed by atoms with Gasteiger partial charge in [0.25, 0.3) is 5.56 Å². The summed E-state index contributed by atoms with van der Waals surface area (Å²) in [4.78, 5) is 16.1. The first-order valence-corrected chi connectivity index (χ1v) is 7.15. The van der Waals surface area contributed by atoms with E-state index >= 15 is 0 Å². The molecule has 3 aromatic heterocycles. The molecule has 0 saturated carbocycles. The number of pyridine rings is 1. The highest BCUT2D eigenvalue weighted by Gasteiger charge is 2.19. The first-order chi connectivity index (χ1) is 11.1. The molecular formula is C15H12ClFN4O2. The van der Waals surface area contributed by atoms with Gasteiger partial charge in [0.2, 0.25) is 0 Å². The van der Waals surface area contributed by atoms with Gasteiger partial charge in [-0.15, -0.1) is 0 Å². The van der Waals surface area contributed by atoms with Crippen LogP contribution in [0.2, 0.25) is 5.02 Å². The van der Waals surface area contributed by atoms with Gasteiger partial charge in [-0.3, -0.25) is 9.78 Å². The molecule has 23 heavy (non-hydrogen) atoms. The molecule has 0 atom stereocenters. The van der Waals surface area contributed by atoms with E-state index < -0.39 is 12.2 Å². The number of rotatable bonds is 4. The second kappa shape index (κ2) is 6.29. The largest absolute Gasteiger partial charge is 0.358 e. The molecule has 0 unspecified atom stereocenters. The molecule has 0 aliphatic carbocycles. The minimum atomic E-state index is -0.829. The van der Waals surface area contributed by atoms with Crippen LogP contribution >= 0.6 is 11.6 Å². The zero-order valence-electron chi connectivity index (χ0n) is 12.2. The van der Waals surface area contributed by atoms with E-state index in [0.29, 0.717) is 16.8 Å². The Bertz CT molecular complexity index is 889. The van der Waals surface area contributed by atoms with Crippen molar-refractivity contribution in [1.82, 2.24) is 19.9 Å². The van der Waals surface area contributed by atoms with Crippen LogP contribution in [0.4, 0.5) is 4.39 Å². The molecule has 0 fully saturated rings. The summed E-state index contributed by atoms with van der Waals surface area (Å²) >= 11 is 5.72. The Kier molecular flexibility index (Phi) is 4.20. The molecule has 0 aliphatic rings. The second-order valence-electron chi connectivity index (χ2n) is 4.92. The quantitative estimate of drug-likeness (QED) is 0.733. The van der Waals surface area contributed by atoms with Gasteiger partial charge in [0.15, 0.2) is 12.4 Å². The predicted octanol–water partition coefficient (Wildman–Crippen LogP) is 2.77. The van der Waals surface area contributed by atoms with Gasteiger partial charge in [0.1, 0.15) is 5.69 Å². The monoisotopic (exact) mass is 334 g/mol. The van der Waals surface area contributed by atoms with Crippen LogP contribution < -0.4 is 5.56 Å². The predicted molar refractivity (Wildman–Crippen MR) is 81.9 cm³/mol. The summed E-state index contributed by atoms with van der Waals surface area (Å²) < 4.78 is 19.4. The van der Waals surface area contributed by atoms with Crippen molar-refractivity contribution in [2.24, 2.45) is 0 Å². The zero-order chi connectivity index (χ0) is 16.4. The zero-order valence-corrected chi connectivity index (χ0v) is 12.9. The van der Waals surface area contributed by atoms with Gasteiger partial charge in [-0.2, -0.15) is 5.10 Å². The fourth-order valence-electron chi connectivity index (χ4n) is 2.13. The lowest BCUT2D eigenvalue weighted by Crippen LogP contribution is -2.22. The number of hydrogen-bond donors (Lipinski definition) is 0. The standard InChI is InChI=1S/C15H12ClFN4O2/c1-9-2-3-10(6-18-9)15-12(13(5-17)23-20-15)8-21-14(22)4-11(16)7-19-21/h2-4,6-7H,5,8H2,1H3. The summed E-state index contributed by atoms with van der Waals surface area (Å²) in [6.45, 7) is 1.06. The van der Waals surface area contributed by atoms with E-state index in [9.17, 15) is 9.18 Å². The summed E-state index contributed by atoms with van der Waals surface area (Å²) in [7, 11) is 0. The maximum atomic E-state index is 13.2. The van der Waals surface area contributed by atoms with Gasteiger partial charge in [-0.05, 0) is 19.1 Å². The molecule has 3 heterocycles. The van der Waals surface area contributed by atoms with E-state index in [1.54, 1.807) is 6.20 Å². The third-order valence-electron chi connectivity index (χ3n) is 3.32. The first kappa shape index (κ1) is 15.4. The maximum absolute atomic E-state index is 13.2. The van der Waals surface area contributed by atoms with Crippen LogP contribution in [0.25, 0.3) is 11.3 Å². The first-order valence-electron chi connectivity index (χ1n) is 6.77. The summed E-state index contributed by atoms with van der Waals surface area (Å²) in [6.07, 6.45) is 2.97. The van der Waals surface area contributed by atoms with E-state index in [1.165, 1.54) is 16.9 Å². The van der Waals surface area contributed by atoms with Crippen molar-refractivity contribution in [2.45, 2.75) is 20.1 Å². The fraction of sp³-hybridized carbons (Fsp3) is 0.200. The van der Waals surface area contributed by atoms with Gasteiger partial charge in [0, 0.05) is 29.1 Å². The highest BCUT2D eigenvalue weighted by atomic mass is 35.5. The molecule has 0 saturated heterocycles. The number of aryl methyl sites for hydroxylation is 1. The highest BCUT2D eigenvalue weighted by Crippen LogP contribution is 2.26. The van der Waals surface area contributed by atoms with Gasteiger partial charge in [-0.25, -0.2) is 9.07 Å². The minimum absolute atomic E-state index is 0.0297. The van der Waals surface area contributed by atoms with Crippen LogP contribution in [-0.2, 0) is 13.2 Å². The van der Waals surface area contributed by atoms with Crippen LogP contribution in [-0.4, -0.2) is 19.9 Å². The molecule has 0 amide bonds. The lowest BCUT2D eigenvalue weighted by Gasteiger charge is -2.05. The van der Waals surface area contributed by atoms with Crippen molar-refractivity contribution in [3.8, 4) is 11.3 Å². The Morgan fingerprint density at radius 2 is 2.17 bits per heavy atom. The van der Waals surface area contributed by atoms with Crippen LogP contribution in [0, 0.1) is 6.92 Å². The summed E-state index contributed by atoms with van der Waals surface area (Å²) in [6, 6.07) is 4.86. The molecule has 8 heteroatoms. The highest BCUT2D eigenvalue weighted by molar-refractivity contribution is 6.30. The van der Waals surface area contributed by atoms with E-state index in [4.69, 9.17) is 16.1 Å². The minimum Gasteiger partial charge on any atom is -0.358 e.